The summed E-state index contributed by atoms with van der Waals surface area (Å²) < 4.78 is 1.49. The molecule has 160 valence electrons. The number of pyridine rings is 1. The van der Waals surface area contributed by atoms with Crippen molar-refractivity contribution in [2.24, 2.45) is 5.92 Å². The predicted octanol–water partition coefficient (Wildman–Crippen LogP) is 2.77. The fourth-order valence-electron chi connectivity index (χ4n) is 4.15. The number of halogens is 2. The lowest BCUT2D eigenvalue weighted by atomic mass is 9.91. The van der Waals surface area contributed by atoms with Crippen molar-refractivity contribution in [2.45, 2.75) is 12.6 Å². The van der Waals surface area contributed by atoms with Gasteiger partial charge in [-0.1, -0.05) is 40.4 Å². The molecule has 12 heteroatoms. The number of nitrogens with one attached hydrogen (secondary N) is 1. The number of hydrogen-bond donors (Lipinski definition) is 2. The zero-order valence-electron chi connectivity index (χ0n) is 16.2. The zero-order valence-corrected chi connectivity index (χ0v) is 17.7. The number of anilines is 2. The molecule has 1 amide bonds. The van der Waals surface area contributed by atoms with Crippen molar-refractivity contribution in [1.29, 1.82) is 0 Å². The standard InChI is InChI=1S/C19H18Cl2N8O2/c20-13-4-1-5-14(16(13)21)29-18(24-25-26-29)23-7-11-3-2-6-22-17(11)28-9-12-8-27(19(30)31)10-15(12)28/h1-6,12,15H,7-10H2,(H,30,31)(H,23,24,26)/t12-,15-/m1/s1. The number of nitrogens with zero attached hydrogens (tertiary/aromatic N) is 7. The summed E-state index contributed by atoms with van der Waals surface area (Å²) in [6.07, 6.45) is 0.870. The lowest BCUT2D eigenvalue weighted by Gasteiger charge is -2.45. The number of tetrazole rings is 1. The van der Waals surface area contributed by atoms with E-state index >= 15 is 0 Å². The molecule has 31 heavy (non-hydrogen) atoms. The molecule has 2 aliphatic heterocycles. The van der Waals surface area contributed by atoms with Crippen LogP contribution in [0.15, 0.2) is 36.5 Å². The van der Waals surface area contributed by atoms with Crippen LogP contribution in [0.3, 0.4) is 0 Å². The van der Waals surface area contributed by atoms with Gasteiger partial charge in [-0.15, -0.1) is 0 Å². The van der Waals surface area contributed by atoms with Gasteiger partial charge in [0.2, 0.25) is 5.95 Å². The number of hydrogen-bond acceptors (Lipinski definition) is 7. The largest absolute Gasteiger partial charge is 0.465 e. The van der Waals surface area contributed by atoms with E-state index in [9.17, 15) is 9.90 Å². The zero-order chi connectivity index (χ0) is 21.5. The van der Waals surface area contributed by atoms with E-state index in [1.54, 1.807) is 24.4 Å². The Morgan fingerprint density at radius 3 is 2.90 bits per heavy atom. The normalized spacial score (nSPS) is 19.8. The van der Waals surface area contributed by atoms with E-state index in [1.165, 1.54) is 9.58 Å². The van der Waals surface area contributed by atoms with Crippen molar-refractivity contribution < 1.29 is 9.90 Å². The van der Waals surface area contributed by atoms with Gasteiger partial charge in [-0.05, 0) is 28.6 Å². The Bertz CT molecular complexity index is 1140. The summed E-state index contributed by atoms with van der Waals surface area (Å²) in [5.74, 6) is 1.60. The fourth-order valence-corrected chi connectivity index (χ4v) is 4.53. The van der Waals surface area contributed by atoms with E-state index in [-0.39, 0.29) is 6.04 Å². The van der Waals surface area contributed by atoms with Crippen molar-refractivity contribution in [2.75, 3.05) is 29.9 Å². The molecule has 0 radical (unpaired) electrons. The molecule has 3 aromatic rings. The number of carboxylic acid groups (broad SMARTS) is 1. The van der Waals surface area contributed by atoms with Crippen LogP contribution in [0.4, 0.5) is 16.6 Å². The second kappa shape index (κ2) is 7.86. The Morgan fingerprint density at radius 1 is 1.19 bits per heavy atom. The molecule has 0 aliphatic carbocycles. The Labute approximate surface area is 187 Å². The molecule has 2 aromatic heterocycles. The molecule has 2 atom stereocenters. The van der Waals surface area contributed by atoms with E-state index in [1.807, 2.05) is 12.1 Å². The first kappa shape index (κ1) is 19.8. The highest BCUT2D eigenvalue weighted by atomic mass is 35.5. The van der Waals surface area contributed by atoms with E-state index in [0.717, 1.165) is 17.9 Å². The maximum absolute atomic E-state index is 11.3. The first-order valence-corrected chi connectivity index (χ1v) is 10.4. The minimum Gasteiger partial charge on any atom is -0.465 e. The van der Waals surface area contributed by atoms with Crippen LogP contribution < -0.4 is 10.2 Å². The fraction of sp³-hybridized carbons (Fsp3) is 0.316. The highest BCUT2D eigenvalue weighted by Gasteiger charge is 2.48. The second-order valence-electron chi connectivity index (χ2n) is 7.49. The molecule has 0 bridgehead atoms. The van der Waals surface area contributed by atoms with E-state index < -0.39 is 6.09 Å². The van der Waals surface area contributed by atoms with Gasteiger partial charge in [0.1, 0.15) is 5.82 Å². The van der Waals surface area contributed by atoms with Gasteiger partial charge in [-0.25, -0.2) is 9.78 Å². The first-order chi connectivity index (χ1) is 15.0. The van der Waals surface area contributed by atoms with Gasteiger partial charge in [0.15, 0.2) is 0 Å². The summed E-state index contributed by atoms with van der Waals surface area (Å²) in [6, 6.07) is 9.25. The molecular formula is C19H18Cl2N8O2. The molecule has 0 saturated carbocycles. The smallest absolute Gasteiger partial charge is 0.407 e. The van der Waals surface area contributed by atoms with Gasteiger partial charge in [-0.2, -0.15) is 4.68 Å². The third-order valence-electron chi connectivity index (χ3n) is 5.71. The third kappa shape index (κ3) is 3.51. The Morgan fingerprint density at radius 2 is 2.06 bits per heavy atom. The topological polar surface area (TPSA) is 112 Å². The molecule has 2 aliphatic rings. The lowest BCUT2D eigenvalue weighted by Crippen LogP contribution is -2.56. The van der Waals surface area contributed by atoms with Gasteiger partial charge in [0.05, 0.1) is 21.8 Å². The molecule has 0 unspecified atom stereocenters. The number of likely N-dealkylation sites (tertiary alicyclic amines) is 1. The lowest BCUT2D eigenvalue weighted by molar-refractivity contribution is 0.155. The van der Waals surface area contributed by atoms with Crippen molar-refractivity contribution in [3.8, 4) is 5.69 Å². The molecule has 10 nitrogen and oxygen atoms in total. The number of rotatable bonds is 5. The van der Waals surface area contributed by atoms with Crippen LogP contribution in [-0.2, 0) is 6.54 Å². The molecular weight excluding hydrogens is 443 g/mol. The van der Waals surface area contributed by atoms with E-state index in [2.05, 4.69) is 30.7 Å². The van der Waals surface area contributed by atoms with Crippen LogP contribution in [0.25, 0.3) is 5.69 Å². The SMILES string of the molecule is O=C(O)N1C[C@@H]2CN(c3ncccc3CNc3nnnn3-c3cccc(Cl)c3Cl)[C@@H]2C1. The predicted molar refractivity (Wildman–Crippen MR) is 115 cm³/mol. The minimum absolute atomic E-state index is 0.153. The molecule has 2 N–H and O–H groups in total. The molecule has 4 heterocycles. The number of carbonyl (C=O) groups is 1. The van der Waals surface area contributed by atoms with Crippen LogP contribution in [0, 0.1) is 5.92 Å². The summed E-state index contributed by atoms with van der Waals surface area (Å²) in [4.78, 5) is 19.5. The number of aromatic nitrogens is 5. The monoisotopic (exact) mass is 460 g/mol. The maximum Gasteiger partial charge on any atom is 0.407 e. The highest BCUT2D eigenvalue weighted by molar-refractivity contribution is 6.43. The number of amides is 1. The van der Waals surface area contributed by atoms with Crippen molar-refractivity contribution in [3.05, 3.63) is 52.1 Å². The van der Waals surface area contributed by atoms with Gasteiger partial charge >= 0.3 is 6.09 Å². The first-order valence-electron chi connectivity index (χ1n) is 9.68. The highest BCUT2D eigenvalue weighted by Crippen LogP contribution is 2.37. The Kier molecular flexibility index (Phi) is 5.03. The summed E-state index contributed by atoms with van der Waals surface area (Å²) in [5, 5.41) is 25.1. The summed E-state index contributed by atoms with van der Waals surface area (Å²) in [6.45, 7) is 2.29. The quantitative estimate of drug-likeness (QED) is 0.597. The van der Waals surface area contributed by atoms with Crippen molar-refractivity contribution in [3.63, 3.8) is 0 Å². The van der Waals surface area contributed by atoms with Crippen LogP contribution in [0.1, 0.15) is 5.56 Å². The molecule has 5 rings (SSSR count). The summed E-state index contributed by atoms with van der Waals surface area (Å²) in [7, 11) is 0. The van der Waals surface area contributed by atoms with Crippen molar-refractivity contribution in [1.82, 2.24) is 30.1 Å². The van der Waals surface area contributed by atoms with Crippen LogP contribution in [0.5, 0.6) is 0 Å². The van der Waals surface area contributed by atoms with E-state index in [0.29, 0.717) is 47.2 Å². The maximum atomic E-state index is 11.3. The van der Waals surface area contributed by atoms with Gasteiger partial charge < -0.3 is 20.2 Å². The van der Waals surface area contributed by atoms with Crippen LogP contribution in [-0.4, -0.2) is 67.0 Å². The summed E-state index contributed by atoms with van der Waals surface area (Å²) >= 11 is 12.4. The van der Waals surface area contributed by atoms with E-state index in [4.69, 9.17) is 23.2 Å². The molecule has 1 aromatic carbocycles. The third-order valence-corrected chi connectivity index (χ3v) is 6.52. The molecule has 0 spiro atoms. The van der Waals surface area contributed by atoms with Crippen molar-refractivity contribution >= 4 is 41.1 Å². The van der Waals surface area contributed by atoms with Gasteiger partial charge in [0.25, 0.3) is 0 Å². The Balaban J connectivity index is 1.34. The minimum atomic E-state index is -0.872. The number of benzene rings is 1. The molecule has 2 fully saturated rings. The van der Waals surface area contributed by atoms with Crippen LogP contribution in [0.2, 0.25) is 10.0 Å². The van der Waals surface area contributed by atoms with Gasteiger partial charge in [0, 0.05) is 43.9 Å². The molecule has 2 saturated heterocycles. The average molecular weight is 461 g/mol. The average Bonchev–Trinajstić information content (AvgIpc) is 3.34. The second-order valence-corrected chi connectivity index (χ2v) is 8.28. The Hall–Kier alpha value is -3.11. The van der Waals surface area contributed by atoms with Gasteiger partial charge in [-0.3, -0.25) is 0 Å². The van der Waals surface area contributed by atoms with Crippen LogP contribution >= 0.6 is 23.2 Å². The summed E-state index contributed by atoms with van der Waals surface area (Å²) in [5.41, 5.74) is 1.53. The number of fused-ring (bicyclic) bond motifs is 1.